The van der Waals surface area contributed by atoms with Crippen LogP contribution < -0.4 is 5.32 Å². The Balaban J connectivity index is 1.58. The summed E-state index contributed by atoms with van der Waals surface area (Å²) in [6.45, 7) is 0. The summed E-state index contributed by atoms with van der Waals surface area (Å²) in [7, 11) is 0. The Kier molecular flexibility index (Phi) is 5.67. The van der Waals surface area contributed by atoms with E-state index in [1.165, 1.54) is 5.56 Å². The maximum atomic E-state index is 12.2. The Hall–Kier alpha value is -2.11. The molecule has 120 valence electrons. The number of benzene rings is 2. The Morgan fingerprint density at radius 3 is 2.46 bits per heavy atom. The van der Waals surface area contributed by atoms with E-state index in [0.29, 0.717) is 5.56 Å². The number of pyridine rings is 1. The third-order valence-electron chi connectivity index (χ3n) is 3.35. The second-order valence-electron chi connectivity index (χ2n) is 5.14. The molecule has 2 aromatic carbocycles. The summed E-state index contributed by atoms with van der Waals surface area (Å²) in [4.78, 5) is 17.4. The smallest absolute Gasteiger partial charge is 0.255 e. The van der Waals surface area contributed by atoms with E-state index in [4.69, 9.17) is 0 Å². The number of thioether (sulfide) groups is 1. The van der Waals surface area contributed by atoms with Crippen molar-refractivity contribution in [2.75, 3.05) is 5.32 Å². The van der Waals surface area contributed by atoms with Crippen LogP contribution in [0.2, 0.25) is 0 Å². The lowest BCUT2D eigenvalue weighted by Crippen LogP contribution is -2.11. The molecule has 0 saturated heterocycles. The first kappa shape index (κ1) is 16.7. The van der Waals surface area contributed by atoms with Gasteiger partial charge in [-0.3, -0.25) is 9.78 Å². The lowest BCUT2D eigenvalue weighted by Gasteiger charge is -2.07. The van der Waals surface area contributed by atoms with E-state index < -0.39 is 0 Å². The van der Waals surface area contributed by atoms with Gasteiger partial charge in [0.15, 0.2) is 0 Å². The van der Waals surface area contributed by atoms with Gasteiger partial charge >= 0.3 is 0 Å². The number of rotatable bonds is 5. The van der Waals surface area contributed by atoms with E-state index in [2.05, 4.69) is 32.3 Å². The highest BCUT2D eigenvalue weighted by molar-refractivity contribution is 9.10. The van der Waals surface area contributed by atoms with Crippen LogP contribution in [0.5, 0.6) is 0 Å². The average molecular weight is 399 g/mol. The molecule has 3 aromatic rings. The summed E-state index contributed by atoms with van der Waals surface area (Å²) in [6, 6.07) is 19.2. The number of hydrogen-bond donors (Lipinski definition) is 1. The standard InChI is InChI=1S/C19H15BrN2OS/c20-16-5-3-15(4-6-16)19(23)22-17-7-9-18(10-8-17)24-13-14-2-1-11-21-12-14/h1-12H,13H2,(H,22,23). The van der Waals surface area contributed by atoms with Crippen LogP contribution >= 0.6 is 27.7 Å². The summed E-state index contributed by atoms with van der Waals surface area (Å²) < 4.78 is 0.953. The zero-order valence-electron chi connectivity index (χ0n) is 12.8. The van der Waals surface area contributed by atoms with Gasteiger partial charge in [0.2, 0.25) is 0 Å². The first-order chi connectivity index (χ1) is 11.7. The van der Waals surface area contributed by atoms with E-state index in [9.17, 15) is 4.79 Å². The summed E-state index contributed by atoms with van der Waals surface area (Å²) in [5, 5.41) is 2.91. The predicted molar refractivity (Wildman–Crippen MR) is 102 cm³/mol. The molecule has 0 aliphatic heterocycles. The number of hydrogen-bond acceptors (Lipinski definition) is 3. The second-order valence-corrected chi connectivity index (χ2v) is 7.10. The summed E-state index contributed by atoms with van der Waals surface area (Å²) in [6.07, 6.45) is 3.65. The summed E-state index contributed by atoms with van der Waals surface area (Å²) in [5.74, 6) is 0.761. The Bertz CT molecular complexity index is 805. The molecule has 0 radical (unpaired) electrons. The second kappa shape index (κ2) is 8.13. The highest BCUT2D eigenvalue weighted by Gasteiger charge is 2.06. The zero-order valence-corrected chi connectivity index (χ0v) is 15.2. The SMILES string of the molecule is O=C(Nc1ccc(SCc2cccnc2)cc1)c1ccc(Br)cc1. The molecule has 0 aliphatic carbocycles. The third kappa shape index (κ3) is 4.69. The van der Waals surface area contributed by atoms with Gasteiger partial charge < -0.3 is 5.32 Å². The van der Waals surface area contributed by atoms with Crippen LogP contribution in [0, 0.1) is 0 Å². The Morgan fingerprint density at radius 1 is 1.04 bits per heavy atom. The topological polar surface area (TPSA) is 42.0 Å². The minimum Gasteiger partial charge on any atom is -0.322 e. The number of amides is 1. The lowest BCUT2D eigenvalue weighted by atomic mass is 10.2. The molecule has 5 heteroatoms. The van der Waals surface area contributed by atoms with E-state index in [1.54, 1.807) is 30.1 Å². The Labute approximate surface area is 153 Å². The third-order valence-corrected chi connectivity index (χ3v) is 4.96. The first-order valence-electron chi connectivity index (χ1n) is 7.39. The van der Waals surface area contributed by atoms with Crippen LogP contribution in [-0.2, 0) is 5.75 Å². The van der Waals surface area contributed by atoms with E-state index in [-0.39, 0.29) is 5.91 Å². The fraction of sp³-hybridized carbons (Fsp3) is 0.0526. The molecule has 0 aliphatic rings. The molecule has 1 amide bonds. The minimum atomic E-state index is -0.113. The fourth-order valence-electron chi connectivity index (χ4n) is 2.09. The largest absolute Gasteiger partial charge is 0.322 e. The molecule has 0 fully saturated rings. The van der Waals surface area contributed by atoms with Crippen molar-refractivity contribution in [2.24, 2.45) is 0 Å². The molecule has 1 heterocycles. The monoisotopic (exact) mass is 398 g/mol. The molecular weight excluding hydrogens is 384 g/mol. The quantitative estimate of drug-likeness (QED) is 0.585. The Morgan fingerprint density at radius 2 is 1.79 bits per heavy atom. The molecule has 24 heavy (non-hydrogen) atoms. The lowest BCUT2D eigenvalue weighted by molar-refractivity contribution is 0.102. The van der Waals surface area contributed by atoms with Crippen molar-refractivity contribution < 1.29 is 4.79 Å². The highest BCUT2D eigenvalue weighted by Crippen LogP contribution is 2.24. The van der Waals surface area contributed by atoms with Crippen LogP contribution in [0.4, 0.5) is 5.69 Å². The highest BCUT2D eigenvalue weighted by atomic mass is 79.9. The van der Waals surface area contributed by atoms with Crippen molar-refractivity contribution >= 4 is 39.3 Å². The van der Waals surface area contributed by atoms with Crippen molar-refractivity contribution in [1.29, 1.82) is 0 Å². The number of halogens is 1. The van der Waals surface area contributed by atoms with Crippen LogP contribution in [-0.4, -0.2) is 10.9 Å². The number of aromatic nitrogens is 1. The summed E-state index contributed by atoms with van der Waals surface area (Å²) >= 11 is 5.10. The van der Waals surface area contributed by atoms with Gasteiger partial charge in [0, 0.05) is 38.8 Å². The predicted octanol–water partition coefficient (Wildman–Crippen LogP) is 5.39. The van der Waals surface area contributed by atoms with Crippen molar-refractivity contribution in [3.63, 3.8) is 0 Å². The zero-order chi connectivity index (χ0) is 16.8. The molecular formula is C19H15BrN2OS. The van der Waals surface area contributed by atoms with Gasteiger partial charge in [-0.25, -0.2) is 0 Å². The van der Waals surface area contributed by atoms with Crippen LogP contribution in [0.25, 0.3) is 0 Å². The normalized spacial score (nSPS) is 10.4. The molecule has 0 saturated carbocycles. The molecule has 3 nitrogen and oxygen atoms in total. The van der Waals surface area contributed by atoms with Gasteiger partial charge in [-0.1, -0.05) is 22.0 Å². The van der Waals surface area contributed by atoms with Gasteiger partial charge in [-0.05, 0) is 60.2 Å². The average Bonchev–Trinajstić information content (AvgIpc) is 2.62. The molecule has 1 N–H and O–H groups in total. The molecule has 0 spiro atoms. The van der Waals surface area contributed by atoms with Gasteiger partial charge in [0.1, 0.15) is 0 Å². The molecule has 1 aromatic heterocycles. The molecule has 0 unspecified atom stereocenters. The van der Waals surface area contributed by atoms with Gasteiger partial charge in [-0.15, -0.1) is 11.8 Å². The fourth-order valence-corrected chi connectivity index (χ4v) is 3.19. The molecule has 0 bridgehead atoms. The van der Waals surface area contributed by atoms with Gasteiger partial charge in [-0.2, -0.15) is 0 Å². The van der Waals surface area contributed by atoms with Gasteiger partial charge in [0.05, 0.1) is 0 Å². The van der Waals surface area contributed by atoms with Crippen molar-refractivity contribution in [3.8, 4) is 0 Å². The molecule has 3 rings (SSSR count). The summed E-state index contributed by atoms with van der Waals surface area (Å²) in [5.41, 5.74) is 2.61. The molecule has 0 atom stereocenters. The maximum Gasteiger partial charge on any atom is 0.255 e. The minimum absolute atomic E-state index is 0.113. The van der Waals surface area contributed by atoms with E-state index in [0.717, 1.165) is 20.8 Å². The van der Waals surface area contributed by atoms with Crippen molar-refractivity contribution in [1.82, 2.24) is 4.98 Å². The number of carbonyl (C=O) groups is 1. The number of nitrogens with one attached hydrogen (secondary N) is 1. The number of nitrogens with zero attached hydrogens (tertiary/aromatic N) is 1. The van der Waals surface area contributed by atoms with Crippen LogP contribution in [0.15, 0.2) is 82.4 Å². The van der Waals surface area contributed by atoms with Gasteiger partial charge in [0.25, 0.3) is 5.91 Å². The van der Waals surface area contributed by atoms with Crippen molar-refractivity contribution in [2.45, 2.75) is 10.6 Å². The first-order valence-corrected chi connectivity index (χ1v) is 9.17. The van der Waals surface area contributed by atoms with E-state index in [1.807, 2.05) is 48.7 Å². The number of carbonyl (C=O) groups excluding carboxylic acids is 1. The maximum absolute atomic E-state index is 12.2. The van der Waals surface area contributed by atoms with Crippen LogP contribution in [0.3, 0.4) is 0 Å². The van der Waals surface area contributed by atoms with Crippen LogP contribution in [0.1, 0.15) is 15.9 Å². The number of anilines is 1. The van der Waals surface area contributed by atoms with Crippen molar-refractivity contribution in [3.05, 3.63) is 88.7 Å². The van der Waals surface area contributed by atoms with E-state index >= 15 is 0 Å².